The molecule has 0 aromatic heterocycles. The largest absolute Gasteiger partial charge is 2.00 e. The number of carbonyl (C=O) groups is 3. The number of fused-ring (bicyclic) bond motifs is 1. The number of benzene rings is 2. The Morgan fingerprint density at radius 1 is 0.889 bits per heavy atom. The first-order valence-electron chi connectivity index (χ1n) is 11.1. The number of aliphatic carboxylic acids is 1. The smallest absolute Gasteiger partial charge is 0.744 e. The van der Waals surface area contributed by atoms with E-state index in [1.807, 2.05) is 13.8 Å². The molecule has 0 atom stereocenters. The van der Waals surface area contributed by atoms with Crippen LogP contribution in [0, 0.1) is 0 Å². The van der Waals surface area contributed by atoms with Gasteiger partial charge >= 0.3 is 49.7 Å². The molecule has 0 unspecified atom stereocenters. The van der Waals surface area contributed by atoms with E-state index < -0.39 is 46.5 Å². The fraction of sp³-hybridized carbons (Fsp3) is 0.458. The molecule has 0 aliphatic carbocycles. The van der Waals surface area contributed by atoms with Crippen molar-refractivity contribution in [2.75, 3.05) is 13.2 Å². The van der Waals surface area contributed by atoms with E-state index in [4.69, 9.17) is 9.47 Å². The van der Waals surface area contributed by atoms with E-state index in [1.165, 1.54) is 6.07 Å². The van der Waals surface area contributed by atoms with E-state index in [1.54, 1.807) is 36.4 Å². The van der Waals surface area contributed by atoms with E-state index in [-0.39, 0.29) is 55.8 Å². The van der Waals surface area contributed by atoms with Gasteiger partial charge in [-0.3, -0.25) is 9.59 Å². The molecule has 0 amide bonds. The molecule has 0 heterocycles. The average Bonchev–Trinajstić information content (AvgIpc) is 2.78. The maximum absolute atomic E-state index is 11.5. The normalized spacial score (nSPS) is 11.0. The Labute approximate surface area is 240 Å². The van der Waals surface area contributed by atoms with Gasteiger partial charge in [-0.05, 0) is 29.7 Å². The quantitative estimate of drug-likeness (QED) is 0.176. The monoisotopic (exact) mass is 550 g/mol. The van der Waals surface area contributed by atoms with Gasteiger partial charge in [0.1, 0.15) is 15.7 Å². The summed E-state index contributed by atoms with van der Waals surface area (Å²) in [6, 6.07) is 11.5. The standard InChI is InChI=1S/C14H24O7.C10H8O3S.Ca/c1-3-5-7-20-11(15)9-14(19,13(17)18)10-12(16)21-8-6-4-2;11-14(12,13)10-7-3-5-8-4-1-2-6-9(8)10;/h19H,3-10H2,1-2H3,(H,17,18);1-7H,(H,11,12,13);/q;;+2/p-2. The second-order valence-electron chi connectivity index (χ2n) is 7.75. The van der Waals surface area contributed by atoms with Crippen molar-refractivity contribution in [3.05, 3.63) is 42.5 Å². The topological polar surface area (TPSA) is 170 Å². The first-order chi connectivity index (χ1) is 16.4. The summed E-state index contributed by atoms with van der Waals surface area (Å²) >= 11 is 0. The van der Waals surface area contributed by atoms with Gasteiger partial charge in [0.05, 0.1) is 36.9 Å². The molecular formula is C24H30CaO10S. The number of carboxylic acid groups (broad SMARTS) is 1. The second kappa shape index (κ2) is 16.9. The van der Waals surface area contributed by atoms with E-state index in [2.05, 4.69) is 0 Å². The molecule has 2 rings (SSSR count). The molecule has 10 nitrogen and oxygen atoms in total. The number of aliphatic hydroxyl groups is 1. The molecule has 0 bridgehead atoms. The minimum Gasteiger partial charge on any atom is -0.744 e. The van der Waals surface area contributed by atoms with Crippen LogP contribution in [0.3, 0.4) is 0 Å². The van der Waals surface area contributed by atoms with Gasteiger partial charge in [0, 0.05) is 0 Å². The van der Waals surface area contributed by atoms with Gasteiger partial charge in [0.15, 0.2) is 0 Å². The summed E-state index contributed by atoms with van der Waals surface area (Å²) in [5.74, 6) is -3.68. The van der Waals surface area contributed by atoms with Gasteiger partial charge in [-0.25, -0.2) is 8.42 Å². The van der Waals surface area contributed by atoms with E-state index in [0.29, 0.717) is 18.2 Å². The first-order valence-corrected chi connectivity index (χ1v) is 12.5. The third kappa shape index (κ3) is 12.0. The Hall–Kier alpha value is -1.76. The minimum atomic E-state index is -4.38. The van der Waals surface area contributed by atoms with Gasteiger partial charge in [-0.2, -0.15) is 0 Å². The van der Waals surface area contributed by atoms with Crippen LogP contribution in [0.25, 0.3) is 10.8 Å². The Morgan fingerprint density at radius 2 is 1.36 bits per heavy atom. The number of ether oxygens (including phenoxy) is 2. The summed E-state index contributed by atoms with van der Waals surface area (Å²) in [6.45, 7) is 4.08. The third-order valence-electron chi connectivity index (χ3n) is 4.79. The number of esters is 2. The molecule has 2 aromatic rings. The molecule has 1 N–H and O–H groups in total. The zero-order chi connectivity index (χ0) is 26.5. The Morgan fingerprint density at radius 3 is 1.81 bits per heavy atom. The summed E-state index contributed by atoms with van der Waals surface area (Å²) in [5.41, 5.74) is -2.60. The molecule has 2 aromatic carbocycles. The van der Waals surface area contributed by atoms with Crippen LogP contribution in [0.4, 0.5) is 0 Å². The van der Waals surface area contributed by atoms with Gasteiger partial charge in [-0.15, -0.1) is 0 Å². The predicted octanol–water partition coefficient (Wildman–Crippen LogP) is 1.30. The average molecular weight is 551 g/mol. The van der Waals surface area contributed by atoms with Crippen molar-refractivity contribution in [3.8, 4) is 0 Å². The molecule has 0 fully saturated rings. The van der Waals surface area contributed by atoms with Crippen molar-refractivity contribution >= 4 is 76.5 Å². The molecular weight excluding hydrogens is 520 g/mol. The predicted molar refractivity (Wildman–Crippen MR) is 129 cm³/mol. The number of unbranched alkanes of at least 4 members (excludes halogenated alkanes) is 2. The Kier molecular flexibility index (Phi) is 16.1. The van der Waals surface area contributed by atoms with Gasteiger partial charge in [-0.1, -0.05) is 63.1 Å². The van der Waals surface area contributed by atoms with E-state index >= 15 is 0 Å². The number of carboxylic acids is 1. The molecule has 0 aliphatic heterocycles. The SMILES string of the molecule is CCCCOC(=O)CC(O)(CC(=O)OCCCC)C(=O)[O-].O=S(=O)([O-])c1cccc2ccccc12.[Ca+2]. The molecule has 0 aliphatic rings. The summed E-state index contributed by atoms with van der Waals surface area (Å²) in [4.78, 5) is 33.7. The van der Waals surface area contributed by atoms with Crippen LogP contribution < -0.4 is 5.11 Å². The van der Waals surface area contributed by atoms with E-state index in [9.17, 15) is 37.6 Å². The zero-order valence-electron chi connectivity index (χ0n) is 20.4. The van der Waals surface area contributed by atoms with Crippen molar-refractivity contribution in [1.29, 1.82) is 0 Å². The molecule has 0 saturated heterocycles. The number of hydrogen-bond donors (Lipinski definition) is 1. The van der Waals surface area contributed by atoms with Crippen LogP contribution in [0.15, 0.2) is 47.4 Å². The Balaban J connectivity index is 0.000000705. The number of rotatable bonds is 12. The molecule has 0 spiro atoms. The third-order valence-corrected chi connectivity index (χ3v) is 5.69. The van der Waals surface area contributed by atoms with Crippen molar-refractivity contribution in [1.82, 2.24) is 0 Å². The van der Waals surface area contributed by atoms with Crippen LogP contribution in [0.5, 0.6) is 0 Å². The van der Waals surface area contributed by atoms with E-state index in [0.717, 1.165) is 18.2 Å². The Bertz CT molecular complexity index is 1070. The minimum absolute atomic E-state index is 0. The van der Waals surface area contributed by atoms with Crippen LogP contribution in [0.1, 0.15) is 52.4 Å². The summed E-state index contributed by atoms with van der Waals surface area (Å²) in [7, 11) is -4.38. The fourth-order valence-electron chi connectivity index (χ4n) is 2.86. The fourth-order valence-corrected chi connectivity index (χ4v) is 3.56. The molecule has 0 saturated carbocycles. The van der Waals surface area contributed by atoms with Gasteiger partial charge in [0.25, 0.3) is 0 Å². The second-order valence-corrected chi connectivity index (χ2v) is 9.10. The van der Waals surface area contributed by atoms with Crippen LogP contribution >= 0.6 is 0 Å². The maximum Gasteiger partial charge on any atom is 2.00 e. The number of hydrogen-bond acceptors (Lipinski definition) is 10. The summed E-state index contributed by atoms with van der Waals surface area (Å²) in [6.07, 6.45) is 1.19. The summed E-state index contributed by atoms with van der Waals surface area (Å²) in [5, 5.41) is 22.1. The van der Waals surface area contributed by atoms with Crippen molar-refractivity contribution in [2.24, 2.45) is 0 Å². The van der Waals surface area contributed by atoms with Gasteiger partial charge in [0.2, 0.25) is 0 Å². The number of carbonyl (C=O) groups excluding carboxylic acids is 3. The van der Waals surface area contributed by atoms with Crippen LogP contribution in [0.2, 0.25) is 0 Å². The molecule has 194 valence electrons. The van der Waals surface area contributed by atoms with Crippen LogP contribution in [-0.4, -0.2) is 92.5 Å². The first kappa shape index (κ1) is 34.2. The maximum atomic E-state index is 11.5. The molecule has 12 heteroatoms. The molecule has 36 heavy (non-hydrogen) atoms. The molecule has 0 radical (unpaired) electrons. The van der Waals surface area contributed by atoms with Crippen LogP contribution in [-0.2, 0) is 34.0 Å². The van der Waals surface area contributed by atoms with Crippen molar-refractivity contribution in [3.63, 3.8) is 0 Å². The zero-order valence-corrected chi connectivity index (χ0v) is 23.5. The van der Waals surface area contributed by atoms with Crippen molar-refractivity contribution < 1.29 is 47.0 Å². The van der Waals surface area contributed by atoms with Crippen molar-refractivity contribution in [2.45, 2.75) is 62.9 Å². The van der Waals surface area contributed by atoms with Gasteiger partial charge < -0.3 is 29.0 Å². The summed E-state index contributed by atoms with van der Waals surface area (Å²) < 4.78 is 42.2.